The number of thiophene rings is 1. The summed E-state index contributed by atoms with van der Waals surface area (Å²) >= 11 is 1.45. The Morgan fingerprint density at radius 1 is 1.05 bits per heavy atom. The first-order valence-electron chi connectivity index (χ1n) is 7.04. The molecule has 0 aliphatic rings. The standard InChI is InChI=1S/C19H14O2S/c1-2-21-19(20)18-13-16-12-15(10-11-17(16)22-18)9-8-14-6-4-3-5-7-14/h3-7,10-13H,2H2,1H3. The maximum absolute atomic E-state index is 11.8. The van der Waals surface area contributed by atoms with Crippen molar-refractivity contribution in [1.29, 1.82) is 0 Å². The lowest BCUT2D eigenvalue weighted by Gasteiger charge is -1.95. The molecule has 108 valence electrons. The fourth-order valence-corrected chi connectivity index (χ4v) is 3.03. The highest BCUT2D eigenvalue weighted by Gasteiger charge is 2.10. The highest BCUT2D eigenvalue weighted by Crippen LogP contribution is 2.27. The van der Waals surface area contributed by atoms with E-state index in [9.17, 15) is 4.79 Å². The molecule has 3 heteroatoms. The smallest absolute Gasteiger partial charge is 0.348 e. The van der Waals surface area contributed by atoms with E-state index in [2.05, 4.69) is 11.8 Å². The third-order valence-electron chi connectivity index (χ3n) is 3.12. The van der Waals surface area contributed by atoms with Gasteiger partial charge in [0.15, 0.2) is 0 Å². The first kappa shape index (κ1) is 14.4. The van der Waals surface area contributed by atoms with Crippen LogP contribution in [0.25, 0.3) is 10.1 Å². The van der Waals surface area contributed by atoms with Crippen molar-refractivity contribution in [3.05, 3.63) is 70.6 Å². The highest BCUT2D eigenvalue weighted by atomic mass is 32.1. The van der Waals surface area contributed by atoms with Gasteiger partial charge < -0.3 is 4.74 Å². The van der Waals surface area contributed by atoms with Gasteiger partial charge in [0.25, 0.3) is 0 Å². The monoisotopic (exact) mass is 306 g/mol. The van der Waals surface area contributed by atoms with Gasteiger partial charge in [0.05, 0.1) is 6.61 Å². The number of hydrogen-bond donors (Lipinski definition) is 0. The van der Waals surface area contributed by atoms with Gasteiger partial charge in [0.2, 0.25) is 0 Å². The van der Waals surface area contributed by atoms with E-state index in [-0.39, 0.29) is 5.97 Å². The fourth-order valence-electron chi connectivity index (χ4n) is 2.09. The molecule has 2 nitrogen and oxygen atoms in total. The van der Waals surface area contributed by atoms with Crippen molar-refractivity contribution in [3.8, 4) is 11.8 Å². The molecule has 3 aromatic rings. The molecule has 0 saturated carbocycles. The van der Waals surface area contributed by atoms with Crippen LogP contribution in [-0.2, 0) is 4.74 Å². The third-order valence-corrected chi connectivity index (χ3v) is 4.21. The van der Waals surface area contributed by atoms with Gasteiger partial charge in [0, 0.05) is 15.8 Å². The van der Waals surface area contributed by atoms with Crippen molar-refractivity contribution in [3.63, 3.8) is 0 Å². The van der Waals surface area contributed by atoms with E-state index in [1.807, 2.05) is 61.5 Å². The molecular formula is C19H14O2S. The number of carbonyl (C=O) groups is 1. The number of ether oxygens (including phenoxy) is 1. The largest absolute Gasteiger partial charge is 0.462 e. The van der Waals surface area contributed by atoms with E-state index in [1.54, 1.807) is 0 Å². The van der Waals surface area contributed by atoms with Crippen LogP contribution in [0.3, 0.4) is 0 Å². The molecule has 1 aromatic heterocycles. The predicted octanol–water partition coefficient (Wildman–Crippen LogP) is 4.48. The van der Waals surface area contributed by atoms with Gasteiger partial charge >= 0.3 is 5.97 Å². The van der Waals surface area contributed by atoms with Gasteiger partial charge in [0.1, 0.15) is 4.88 Å². The summed E-state index contributed by atoms with van der Waals surface area (Å²) in [6.07, 6.45) is 0. The van der Waals surface area contributed by atoms with Crippen molar-refractivity contribution in [2.75, 3.05) is 6.61 Å². The SMILES string of the molecule is CCOC(=O)c1cc2cc(C#Cc3ccccc3)ccc2s1. The number of benzene rings is 2. The Morgan fingerprint density at radius 2 is 1.82 bits per heavy atom. The molecule has 0 unspecified atom stereocenters. The Hall–Kier alpha value is -2.57. The zero-order chi connectivity index (χ0) is 15.4. The normalized spacial score (nSPS) is 10.0. The van der Waals surface area contributed by atoms with Gasteiger partial charge in [-0.2, -0.15) is 0 Å². The van der Waals surface area contributed by atoms with Crippen LogP contribution in [-0.4, -0.2) is 12.6 Å². The molecule has 0 aliphatic carbocycles. The minimum Gasteiger partial charge on any atom is -0.462 e. The summed E-state index contributed by atoms with van der Waals surface area (Å²) in [5.41, 5.74) is 1.92. The Balaban J connectivity index is 1.90. The number of rotatable bonds is 2. The van der Waals surface area contributed by atoms with Crippen LogP contribution >= 0.6 is 11.3 Å². The lowest BCUT2D eigenvalue weighted by Crippen LogP contribution is -2.01. The first-order valence-corrected chi connectivity index (χ1v) is 7.85. The molecule has 0 fully saturated rings. The second-order valence-electron chi connectivity index (χ2n) is 4.70. The Morgan fingerprint density at radius 3 is 2.59 bits per heavy atom. The van der Waals surface area contributed by atoms with Gasteiger partial charge in [-0.1, -0.05) is 30.0 Å². The van der Waals surface area contributed by atoms with Crippen molar-refractivity contribution >= 4 is 27.4 Å². The predicted molar refractivity (Wildman–Crippen MR) is 90.2 cm³/mol. The average Bonchev–Trinajstić information content (AvgIpc) is 2.97. The molecular weight excluding hydrogens is 292 g/mol. The van der Waals surface area contributed by atoms with Crippen LogP contribution in [0.5, 0.6) is 0 Å². The van der Waals surface area contributed by atoms with E-state index < -0.39 is 0 Å². The molecule has 0 bridgehead atoms. The topological polar surface area (TPSA) is 26.3 Å². The number of esters is 1. The maximum atomic E-state index is 11.8. The summed E-state index contributed by atoms with van der Waals surface area (Å²) < 4.78 is 6.10. The molecule has 3 rings (SSSR count). The van der Waals surface area contributed by atoms with Crippen LogP contribution in [0.1, 0.15) is 27.7 Å². The molecule has 1 heterocycles. The minimum absolute atomic E-state index is 0.263. The van der Waals surface area contributed by atoms with Crippen LogP contribution in [0.2, 0.25) is 0 Å². The van der Waals surface area contributed by atoms with Crippen molar-refractivity contribution in [1.82, 2.24) is 0 Å². The summed E-state index contributed by atoms with van der Waals surface area (Å²) in [7, 11) is 0. The van der Waals surface area contributed by atoms with Gasteiger partial charge in [-0.3, -0.25) is 0 Å². The summed E-state index contributed by atoms with van der Waals surface area (Å²) in [6.45, 7) is 2.20. The number of carbonyl (C=O) groups excluding carboxylic acids is 1. The Bertz CT molecular complexity index is 867. The van der Waals surface area contributed by atoms with Crippen LogP contribution in [0.15, 0.2) is 54.6 Å². The molecule has 0 saturated heterocycles. The van der Waals surface area contributed by atoms with Crippen molar-refractivity contribution < 1.29 is 9.53 Å². The molecule has 0 amide bonds. The lowest BCUT2D eigenvalue weighted by molar-refractivity contribution is 0.0532. The number of hydrogen-bond acceptors (Lipinski definition) is 3. The van der Waals surface area contributed by atoms with E-state index in [0.29, 0.717) is 11.5 Å². The second-order valence-corrected chi connectivity index (χ2v) is 5.78. The highest BCUT2D eigenvalue weighted by molar-refractivity contribution is 7.20. The van der Waals surface area contributed by atoms with Crippen molar-refractivity contribution in [2.45, 2.75) is 6.92 Å². The second kappa shape index (κ2) is 6.46. The summed E-state index contributed by atoms with van der Waals surface area (Å²) in [5, 5.41) is 1.02. The molecule has 0 N–H and O–H groups in total. The minimum atomic E-state index is -0.263. The molecule has 0 spiro atoms. The zero-order valence-electron chi connectivity index (χ0n) is 12.1. The summed E-state index contributed by atoms with van der Waals surface area (Å²) in [5.74, 6) is 6.03. The zero-order valence-corrected chi connectivity index (χ0v) is 12.9. The van der Waals surface area contributed by atoms with Crippen molar-refractivity contribution in [2.24, 2.45) is 0 Å². The van der Waals surface area contributed by atoms with E-state index in [0.717, 1.165) is 21.2 Å². The maximum Gasteiger partial charge on any atom is 0.348 e. The van der Waals surface area contributed by atoms with E-state index in [1.165, 1.54) is 11.3 Å². The molecule has 2 aromatic carbocycles. The summed E-state index contributed by atoms with van der Waals surface area (Å²) in [6, 6.07) is 17.7. The Kier molecular flexibility index (Phi) is 4.22. The van der Waals surface area contributed by atoms with Crippen LogP contribution in [0, 0.1) is 11.8 Å². The van der Waals surface area contributed by atoms with Gasteiger partial charge in [-0.25, -0.2) is 4.79 Å². The lowest BCUT2D eigenvalue weighted by atomic mass is 10.1. The van der Waals surface area contributed by atoms with E-state index in [4.69, 9.17) is 4.74 Å². The third kappa shape index (κ3) is 3.19. The first-order chi connectivity index (χ1) is 10.8. The summed E-state index contributed by atoms with van der Waals surface area (Å²) in [4.78, 5) is 12.4. The van der Waals surface area contributed by atoms with Gasteiger partial charge in [-0.15, -0.1) is 11.3 Å². The van der Waals surface area contributed by atoms with Gasteiger partial charge in [-0.05, 0) is 48.7 Å². The average molecular weight is 306 g/mol. The fraction of sp³-hybridized carbons (Fsp3) is 0.105. The molecule has 0 aliphatic heterocycles. The molecule has 0 radical (unpaired) electrons. The molecule has 0 atom stereocenters. The van der Waals surface area contributed by atoms with Crippen LogP contribution < -0.4 is 0 Å². The Labute approximate surface area is 133 Å². The van der Waals surface area contributed by atoms with E-state index >= 15 is 0 Å². The molecule has 22 heavy (non-hydrogen) atoms. The quantitative estimate of drug-likeness (QED) is 0.515. The number of fused-ring (bicyclic) bond motifs is 1. The van der Waals surface area contributed by atoms with Crippen LogP contribution in [0.4, 0.5) is 0 Å².